The first-order valence-corrected chi connectivity index (χ1v) is 8.69. The third-order valence-electron chi connectivity index (χ3n) is 5.36. The van der Waals surface area contributed by atoms with Crippen LogP contribution in [0.1, 0.15) is 35.5 Å². The van der Waals surface area contributed by atoms with Gasteiger partial charge >= 0.3 is 0 Å². The molecule has 3 aliphatic rings. The molecule has 5 rings (SSSR count). The predicted molar refractivity (Wildman–Crippen MR) is 90.2 cm³/mol. The van der Waals surface area contributed by atoms with Gasteiger partial charge in [-0.25, -0.2) is 0 Å². The number of nitrogens with zero attached hydrogens (tertiary/aromatic N) is 1. The number of hydrogen-bond acceptors (Lipinski definition) is 3. The van der Waals surface area contributed by atoms with E-state index >= 15 is 0 Å². The van der Waals surface area contributed by atoms with Gasteiger partial charge in [-0.1, -0.05) is 24.3 Å². The van der Waals surface area contributed by atoms with Crippen molar-refractivity contribution in [2.45, 2.75) is 44.9 Å². The van der Waals surface area contributed by atoms with Gasteiger partial charge in [0.1, 0.15) is 18.1 Å². The van der Waals surface area contributed by atoms with Crippen LogP contribution in [0.25, 0.3) is 0 Å². The average molecular weight is 311 g/mol. The molecule has 23 heavy (non-hydrogen) atoms. The molecule has 1 aromatic carbocycles. The lowest BCUT2D eigenvalue weighted by Gasteiger charge is -2.42. The SMILES string of the molecule is COCc1ccc(CN2C[C@H]3CC[C@@H]2Cc2ccccc2C3)o1. The van der Waals surface area contributed by atoms with E-state index in [1.54, 1.807) is 18.2 Å². The molecule has 0 amide bonds. The molecule has 1 aliphatic carbocycles. The lowest BCUT2D eigenvalue weighted by Crippen LogP contribution is -2.46. The van der Waals surface area contributed by atoms with Crippen LogP contribution < -0.4 is 0 Å². The molecule has 2 aliphatic heterocycles. The molecule has 2 aromatic rings. The Morgan fingerprint density at radius 1 is 1.04 bits per heavy atom. The maximum absolute atomic E-state index is 5.91. The Kier molecular flexibility index (Phi) is 4.23. The summed E-state index contributed by atoms with van der Waals surface area (Å²) in [4.78, 5) is 2.64. The minimum atomic E-state index is 0.555. The molecule has 1 aromatic heterocycles. The van der Waals surface area contributed by atoms with Crippen molar-refractivity contribution in [1.82, 2.24) is 4.90 Å². The van der Waals surface area contributed by atoms with Crippen molar-refractivity contribution in [2.24, 2.45) is 5.92 Å². The Morgan fingerprint density at radius 3 is 2.65 bits per heavy atom. The number of ether oxygens (including phenoxy) is 1. The highest BCUT2D eigenvalue weighted by molar-refractivity contribution is 5.30. The van der Waals surface area contributed by atoms with Crippen LogP contribution in [0.4, 0.5) is 0 Å². The number of furan rings is 1. The summed E-state index contributed by atoms with van der Waals surface area (Å²) in [6.07, 6.45) is 5.08. The number of hydrogen-bond donors (Lipinski definition) is 0. The quantitative estimate of drug-likeness (QED) is 0.859. The number of methoxy groups -OCH3 is 1. The first-order valence-electron chi connectivity index (χ1n) is 8.69. The van der Waals surface area contributed by atoms with Crippen LogP contribution in [0.15, 0.2) is 40.8 Å². The highest BCUT2D eigenvalue weighted by Crippen LogP contribution is 2.33. The van der Waals surface area contributed by atoms with Gasteiger partial charge in [0, 0.05) is 19.7 Å². The largest absolute Gasteiger partial charge is 0.462 e. The van der Waals surface area contributed by atoms with Crippen LogP contribution in [0, 0.1) is 5.92 Å². The van der Waals surface area contributed by atoms with Gasteiger partial charge in [0.05, 0.1) is 6.54 Å². The molecule has 3 nitrogen and oxygen atoms in total. The van der Waals surface area contributed by atoms with E-state index in [0.29, 0.717) is 12.6 Å². The van der Waals surface area contributed by atoms with E-state index in [0.717, 1.165) is 24.0 Å². The van der Waals surface area contributed by atoms with E-state index in [2.05, 4.69) is 35.2 Å². The second-order valence-corrected chi connectivity index (χ2v) is 7.00. The molecule has 0 N–H and O–H groups in total. The fraction of sp³-hybridized carbons (Fsp3) is 0.500. The first kappa shape index (κ1) is 15.0. The highest BCUT2D eigenvalue weighted by Gasteiger charge is 2.32. The summed E-state index contributed by atoms with van der Waals surface area (Å²) < 4.78 is 11.1. The van der Waals surface area contributed by atoms with Crippen molar-refractivity contribution in [2.75, 3.05) is 13.7 Å². The van der Waals surface area contributed by atoms with Crippen LogP contribution in [0.5, 0.6) is 0 Å². The van der Waals surface area contributed by atoms with E-state index in [1.807, 2.05) is 6.07 Å². The summed E-state index contributed by atoms with van der Waals surface area (Å²) >= 11 is 0. The molecule has 1 saturated heterocycles. The summed E-state index contributed by atoms with van der Waals surface area (Å²) in [5.74, 6) is 2.77. The fourth-order valence-corrected chi connectivity index (χ4v) is 4.22. The highest BCUT2D eigenvalue weighted by atomic mass is 16.5. The van der Waals surface area contributed by atoms with E-state index in [-0.39, 0.29) is 0 Å². The third-order valence-corrected chi connectivity index (χ3v) is 5.36. The van der Waals surface area contributed by atoms with E-state index in [4.69, 9.17) is 9.15 Å². The van der Waals surface area contributed by atoms with Gasteiger partial charge in [-0.2, -0.15) is 0 Å². The lowest BCUT2D eigenvalue weighted by molar-refractivity contribution is 0.0846. The first-order chi connectivity index (χ1) is 11.3. The number of benzene rings is 1. The molecule has 0 saturated carbocycles. The number of fused-ring (bicyclic) bond motifs is 2. The lowest BCUT2D eigenvalue weighted by atomic mass is 9.80. The van der Waals surface area contributed by atoms with E-state index in [1.165, 1.54) is 32.2 Å². The van der Waals surface area contributed by atoms with Gasteiger partial charge in [0.25, 0.3) is 0 Å². The maximum atomic E-state index is 5.91. The Labute approximate surface area is 138 Å². The van der Waals surface area contributed by atoms with Crippen LogP contribution in [-0.4, -0.2) is 24.6 Å². The standard InChI is InChI=1S/C20H25NO2/c1-22-14-20-9-8-19(23-20)13-21-12-15-6-7-18(21)11-17-5-3-2-4-16(17)10-15/h2-5,8-9,15,18H,6-7,10-14H2,1H3/t15-,18+/m0/s1. The number of piperidine rings is 1. The summed E-state index contributed by atoms with van der Waals surface area (Å²) in [5, 5.41) is 0. The Bertz CT molecular complexity index is 663. The molecular weight excluding hydrogens is 286 g/mol. The summed E-state index contributed by atoms with van der Waals surface area (Å²) in [6.45, 7) is 2.67. The van der Waals surface area contributed by atoms with Gasteiger partial charge in [-0.05, 0) is 54.9 Å². The van der Waals surface area contributed by atoms with Crippen molar-refractivity contribution >= 4 is 0 Å². The van der Waals surface area contributed by atoms with E-state index in [9.17, 15) is 0 Å². The Hall–Kier alpha value is -1.58. The maximum Gasteiger partial charge on any atom is 0.129 e. The normalized spacial score (nSPS) is 24.2. The Balaban J connectivity index is 1.52. The molecule has 1 fully saturated rings. The van der Waals surface area contributed by atoms with Crippen LogP contribution >= 0.6 is 0 Å². The molecule has 0 radical (unpaired) electrons. The van der Waals surface area contributed by atoms with Crippen molar-refractivity contribution in [3.8, 4) is 0 Å². The number of rotatable bonds is 4. The van der Waals surface area contributed by atoms with Crippen molar-refractivity contribution in [3.05, 3.63) is 59.0 Å². The minimum absolute atomic E-state index is 0.555. The summed E-state index contributed by atoms with van der Waals surface area (Å²) in [5.41, 5.74) is 3.12. The minimum Gasteiger partial charge on any atom is -0.462 e. The van der Waals surface area contributed by atoms with Crippen molar-refractivity contribution < 1.29 is 9.15 Å². The van der Waals surface area contributed by atoms with Gasteiger partial charge in [-0.3, -0.25) is 4.90 Å². The Morgan fingerprint density at radius 2 is 1.83 bits per heavy atom. The smallest absolute Gasteiger partial charge is 0.129 e. The predicted octanol–water partition coefficient (Wildman–Crippen LogP) is 3.81. The van der Waals surface area contributed by atoms with Gasteiger partial charge in [0.2, 0.25) is 0 Å². The zero-order chi connectivity index (χ0) is 15.6. The molecule has 2 bridgehead atoms. The zero-order valence-electron chi connectivity index (χ0n) is 13.8. The van der Waals surface area contributed by atoms with E-state index < -0.39 is 0 Å². The van der Waals surface area contributed by atoms with Gasteiger partial charge in [-0.15, -0.1) is 0 Å². The second kappa shape index (κ2) is 6.50. The van der Waals surface area contributed by atoms with Crippen LogP contribution in [0.3, 0.4) is 0 Å². The topological polar surface area (TPSA) is 25.6 Å². The molecular formula is C20H25NO2. The second-order valence-electron chi connectivity index (χ2n) is 7.00. The van der Waals surface area contributed by atoms with Crippen LogP contribution in [0.2, 0.25) is 0 Å². The van der Waals surface area contributed by atoms with Gasteiger partial charge < -0.3 is 9.15 Å². The van der Waals surface area contributed by atoms with Crippen molar-refractivity contribution in [1.29, 1.82) is 0 Å². The van der Waals surface area contributed by atoms with Gasteiger partial charge in [0.15, 0.2) is 0 Å². The summed E-state index contributed by atoms with van der Waals surface area (Å²) in [7, 11) is 1.71. The molecule has 122 valence electrons. The third kappa shape index (κ3) is 3.22. The molecule has 2 atom stereocenters. The molecule has 3 heterocycles. The molecule has 0 unspecified atom stereocenters. The monoisotopic (exact) mass is 311 g/mol. The molecule has 3 heteroatoms. The van der Waals surface area contributed by atoms with Crippen LogP contribution in [-0.2, 0) is 30.7 Å². The average Bonchev–Trinajstić information content (AvgIpc) is 2.96. The fourth-order valence-electron chi connectivity index (χ4n) is 4.22. The molecule has 0 spiro atoms. The zero-order valence-corrected chi connectivity index (χ0v) is 13.8. The van der Waals surface area contributed by atoms with Crippen molar-refractivity contribution in [3.63, 3.8) is 0 Å². The summed E-state index contributed by atoms with van der Waals surface area (Å²) in [6, 6.07) is 13.8.